The van der Waals surface area contributed by atoms with E-state index in [2.05, 4.69) is 29.2 Å². The second-order valence-corrected chi connectivity index (χ2v) is 9.67. The lowest BCUT2D eigenvalue weighted by Crippen LogP contribution is -2.32. The van der Waals surface area contributed by atoms with Crippen molar-refractivity contribution < 1.29 is 14.3 Å². The maximum absolute atomic E-state index is 13.3. The Bertz CT molecular complexity index is 1190. The minimum absolute atomic E-state index is 0.0673. The number of aromatic nitrogens is 1. The van der Waals surface area contributed by atoms with E-state index in [1.807, 2.05) is 46.5 Å². The van der Waals surface area contributed by atoms with Crippen LogP contribution in [0, 0.1) is 5.92 Å². The third kappa shape index (κ3) is 5.64. The van der Waals surface area contributed by atoms with E-state index in [0.29, 0.717) is 36.8 Å². The van der Waals surface area contributed by atoms with Crippen LogP contribution in [0.1, 0.15) is 48.0 Å². The largest absolute Gasteiger partial charge is 0.492 e. The number of rotatable bonds is 7. The number of carbonyl (C=O) groups excluding carboxylic acids is 2. The van der Waals surface area contributed by atoms with E-state index in [-0.39, 0.29) is 11.8 Å². The number of benzene rings is 2. The summed E-state index contributed by atoms with van der Waals surface area (Å²) in [5.74, 6) is 1.49. The van der Waals surface area contributed by atoms with Gasteiger partial charge in [0.05, 0.1) is 6.54 Å². The Hall–Kier alpha value is -3.41. The first-order valence-electron chi connectivity index (χ1n) is 12.8. The van der Waals surface area contributed by atoms with Crippen molar-refractivity contribution in [3.05, 3.63) is 72.1 Å². The Morgan fingerprint density at radius 1 is 1.00 bits per heavy atom. The van der Waals surface area contributed by atoms with Gasteiger partial charge in [-0.05, 0) is 67.2 Å². The molecule has 2 saturated heterocycles. The lowest BCUT2D eigenvalue weighted by atomic mass is 9.91. The van der Waals surface area contributed by atoms with Crippen molar-refractivity contribution in [2.45, 2.75) is 38.5 Å². The van der Waals surface area contributed by atoms with Gasteiger partial charge in [-0.3, -0.25) is 14.6 Å². The van der Waals surface area contributed by atoms with Gasteiger partial charge in [0, 0.05) is 49.4 Å². The molecule has 3 aromatic rings. The molecule has 0 radical (unpaired) electrons. The number of amides is 2. The fraction of sp³-hybridized carbons (Fsp3) is 0.414. The fourth-order valence-electron chi connectivity index (χ4n) is 5.34. The summed E-state index contributed by atoms with van der Waals surface area (Å²) in [5, 5.41) is 2.47. The molecule has 2 fully saturated rings. The summed E-state index contributed by atoms with van der Waals surface area (Å²) in [6.07, 6.45) is 9.61. The van der Waals surface area contributed by atoms with Crippen molar-refractivity contribution in [2.24, 2.45) is 5.92 Å². The van der Waals surface area contributed by atoms with Crippen LogP contribution in [0.3, 0.4) is 0 Å². The monoisotopic (exact) mass is 471 g/mol. The van der Waals surface area contributed by atoms with Gasteiger partial charge < -0.3 is 14.5 Å². The molecule has 35 heavy (non-hydrogen) atoms. The van der Waals surface area contributed by atoms with Gasteiger partial charge in [0.2, 0.25) is 5.91 Å². The fourth-order valence-corrected chi connectivity index (χ4v) is 5.34. The third-order valence-corrected chi connectivity index (χ3v) is 7.28. The van der Waals surface area contributed by atoms with Crippen molar-refractivity contribution in [2.75, 3.05) is 32.8 Å². The average Bonchev–Trinajstić information content (AvgIpc) is 3.15. The highest BCUT2D eigenvalue weighted by atomic mass is 16.5. The molecule has 2 aliphatic heterocycles. The predicted molar refractivity (Wildman–Crippen MR) is 136 cm³/mol. The molecule has 1 aromatic heterocycles. The molecule has 6 nitrogen and oxygen atoms in total. The van der Waals surface area contributed by atoms with Crippen molar-refractivity contribution in [3.8, 4) is 5.75 Å². The van der Waals surface area contributed by atoms with Crippen molar-refractivity contribution in [1.82, 2.24) is 14.8 Å². The molecule has 2 amide bonds. The molecule has 3 heterocycles. The molecule has 0 aliphatic carbocycles. The number of nitrogens with zero attached hydrogens (tertiary/aromatic N) is 3. The zero-order valence-corrected chi connectivity index (χ0v) is 20.2. The van der Waals surface area contributed by atoms with Crippen LogP contribution >= 0.6 is 0 Å². The summed E-state index contributed by atoms with van der Waals surface area (Å²) in [7, 11) is 0. The van der Waals surface area contributed by atoms with Gasteiger partial charge >= 0.3 is 0 Å². The van der Waals surface area contributed by atoms with Crippen LogP contribution in [0.4, 0.5) is 0 Å². The lowest BCUT2D eigenvalue weighted by molar-refractivity contribution is -0.128. The van der Waals surface area contributed by atoms with Crippen LogP contribution in [0.25, 0.3) is 10.8 Å². The van der Waals surface area contributed by atoms with E-state index in [1.54, 1.807) is 0 Å². The summed E-state index contributed by atoms with van der Waals surface area (Å²) < 4.78 is 5.87. The van der Waals surface area contributed by atoms with E-state index < -0.39 is 0 Å². The normalized spacial score (nSPS) is 18.6. The van der Waals surface area contributed by atoms with Crippen molar-refractivity contribution >= 4 is 22.6 Å². The Labute approximate surface area is 206 Å². The first-order chi connectivity index (χ1) is 17.2. The number of hydrogen-bond acceptors (Lipinski definition) is 4. The number of hydrogen-bond donors (Lipinski definition) is 0. The van der Waals surface area contributed by atoms with E-state index in [1.165, 1.54) is 16.3 Å². The molecule has 182 valence electrons. The van der Waals surface area contributed by atoms with Crippen LogP contribution in [-0.4, -0.2) is 59.4 Å². The van der Waals surface area contributed by atoms with E-state index in [4.69, 9.17) is 4.74 Å². The summed E-state index contributed by atoms with van der Waals surface area (Å²) in [4.78, 5) is 33.3. The van der Waals surface area contributed by atoms with Gasteiger partial charge in [-0.1, -0.05) is 30.3 Å². The smallest absolute Gasteiger partial charge is 0.253 e. The van der Waals surface area contributed by atoms with Crippen LogP contribution in [0.5, 0.6) is 5.75 Å². The highest BCUT2D eigenvalue weighted by Crippen LogP contribution is 2.27. The molecule has 0 spiro atoms. The number of pyridine rings is 1. The Balaban J connectivity index is 1.17. The maximum atomic E-state index is 13.3. The molecule has 5 rings (SSSR count). The molecular weight excluding hydrogens is 438 g/mol. The summed E-state index contributed by atoms with van der Waals surface area (Å²) in [5.41, 5.74) is 1.96. The molecule has 0 bridgehead atoms. The summed E-state index contributed by atoms with van der Waals surface area (Å²) >= 11 is 0. The van der Waals surface area contributed by atoms with Gasteiger partial charge in [0.15, 0.2) is 0 Å². The molecule has 2 aromatic carbocycles. The number of fused-ring (bicyclic) bond motifs is 1. The van der Waals surface area contributed by atoms with Gasteiger partial charge in [0.1, 0.15) is 12.4 Å². The second kappa shape index (κ2) is 10.9. The molecule has 0 unspecified atom stereocenters. The summed E-state index contributed by atoms with van der Waals surface area (Å²) in [6, 6.07) is 15.9. The standard InChI is InChI=1S/C29H33N3O3/c33-28-11-5-13-31(28)16-17-35-26-9-3-8-23(19-26)29(34)32-14-4-6-22(12-15-32)18-25-21-30-20-24-7-1-2-10-27(24)25/h1-3,7-10,19-22H,4-6,11-18H2/t22-/m0/s1. The highest BCUT2D eigenvalue weighted by molar-refractivity contribution is 5.94. The lowest BCUT2D eigenvalue weighted by Gasteiger charge is -2.21. The Morgan fingerprint density at radius 2 is 1.91 bits per heavy atom. The van der Waals surface area contributed by atoms with Crippen LogP contribution < -0.4 is 4.74 Å². The Kier molecular flexibility index (Phi) is 7.26. The van der Waals surface area contributed by atoms with Gasteiger partial charge in [-0.25, -0.2) is 0 Å². The van der Waals surface area contributed by atoms with Crippen LogP contribution in [0.2, 0.25) is 0 Å². The van der Waals surface area contributed by atoms with Crippen LogP contribution in [0.15, 0.2) is 60.9 Å². The predicted octanol–water partition coefficient (Wildman–Crippen LogP) is 4.72. The third-order valence-electron chi connectivity index (χ3n) is 7.28. The Morgan fingerprint density at radius 3 is 2.80 bits per heavy atom. The van der Waals surface area contributed by atoms with Crippen LogP contribution in [-0.2, 0) is 11.2 Å². The molecule has 6 heteroatoms. The quantitative estimate of drug-likeness (QED) is 0.500. The highest BCUT2D eigenvalue weighted by Gasteiger charge is 2.23. The average molecular weight is 472 g/mol. The number of likely N-dealkylation sites (tertiary alicyclic amines) is 2. The van der Waals surface area contributed by atoms with E-state index >= 15 is 0 Å². The minimum Gasteiger partial charge on any atom is -0.492 e. The molecule has 0 N–H and O–H groups in total. The zero-order valence-electron chi connectivity index (χ0n) is 20.2. The van der Waals surface area contributed by atoms with Gasteiger partial charge in [-0.15, -0.1) is 0 Å². The van der Waals surface area contributed by atoms with E-state index in [0.717, 1.165) is 51.7 Å². The topological polar surface area (TPSA) is 62.7 Å². The van der Waals surface area contributed by atoms with Gasteiger partial charge in [-0.2, -0.15) is 0 Å². The van der Waals surface area contributed by atoms with Crippen molar-refractivity contribution in [3.63, 3.8) is 0 Å². The molecule has 2 aliphatic rings. The number of ether oxygens (including phenoxy) is 1. The SMILES string of the molecule is O=C1CCCN1CCOc1cccc(C(=O)N2CCC[C@H](Cc3cncc4ccccc34)CC2)c1. The first kappa shape index (κ1) is 23.3. The minimum atomic E-state index is 0.0673. The molecular formula is C29H33N3O3. The van der Waals surface area contributed by atoms with Crippen molar-refractivity contribution in [1.29, 1.82) is 0 Å². The van der Waals surface area contributed by atoms with Gasteiger partial charge in [0.25, 0.3) is 5.91 Å². The molecule has 1 atom stereocenters. The summed E-state index contributed by atoms with van der Waals surface area (Å²) in [6.45, 7) is 3.40. The second-order valence-electron chi connectivity index (χ2n) is 9.67. The molecule has 0 saturated carbocycles. The maximum Gasteiger partial charge on any atom is 0.253 e. The van der Waals surface area contributed by atoms with E-state index in [9.17, 15) is 9.59 Å². The first-order valence-corrected chi connectivity index (χ1v) is 12.8. The number of carbonyl (C=O) groups is 2. The zero-order chi connectivity index (χ0) is 24.0.